The van der Waals surface area contributed by atoms with Crippen LogP contribution < -0.4 is 5.32 Å². The Morgan fingerprint density at radius 1 is 1.21 bits per heavy atom. The van der Waals surface area contributed by atoms with Crippen molar-refractivity contribution in [2.75, 3.05) is 5.32 Å². The van der Waals surface area contributed by atoms with Crippen LogP contribution in [0.3, 0.4) is 0 Å². The van der Waals surface area contributed by atoms with Crippen LogP contribution in [-0.4, -0.2) is 25.9 Å². The summed E-state index contributed by atoms with van der Waals surface area (Å²) < 4.78 is 1.81. The summed E-state index contributed by atoms with van der Waals surface area (Å²) in [6.45, 7) is 2.09. The molecule has 0 bridgehead atoms. The number of para-hydroxylation sites is 1. The predicted molar refractivity (Wildman–Crippen MR) is 94.4 cm³/mol. The van der Waals surface area contributed by atoms with Gasteiger partial charge in [-0.05, 0) is 30.5 Å². The first kappa shape index (κ1) is 16.3. The van der Waals surface area contributed by atoms with Crippen LogP contribution in [0.4, 0.5) is 5.13 Å². The third-order valence-electron chi connectivity index (χ3n) is 3.47. The largest absolute Gasteiger partial charge is 0.301 e. The van der Waals surface area contributed by atoms with E-state index in [-0.39, 0.29) is 5.91 Å². The molecule has 0 aliphatic heterocycles. The number of hydrogen-bond acceptors (Lipinski definition) is 5. The molecule has 3 aromatic rings. The van der Waals surface area contributed by atoms with Crippen molar-refractivity contribution in [1.82, 2.24) is 20.0 Å². The lowest BCUT2D eigenvalue weighted by Crippen LogP contribution is -2.12. The standard InChI is InChI=1S/C17H19N5OS/c1-2-6-16-20-21-17(24-16)19-15(23)10-9-13-11-18-22(12-13)14-7-4-3-5-8-14/h3-5,7-8,11-12H,2,6,9-10H2,1H3,(H,19,21,23). The van der Waals surface area contributed by atoms with E-state index in [1.807, 2.05) is 41.2 Å². The summed E-state index contributed by atoms with van der Waals surface area (Å²) >= 11 is 1.44. The maximum Gasteiger partial charge on any atom is 0.226 e. The Labute approximate surface area is 144 Å². The SMILES string of the molecule is CCCc1nnc(NC(=O)CCc2cnn(-c3ccccc3)c2)s1. The lowest BCUT2D eigenvalue weighted by molar-refractivity contribution is -0.116. The Morgan fingerprint density at radius 2 is 2.04 bits per heavy atom. The fourth-order valence-corrected chi connectivity index (χ4v) is 3.13. The molecule has 0 unspecified atom stereocenters. The van der Waals surface area contributed by atoms with E-state index in [9.17, 15) is 4.79 Å². The zero-order chi connectivity index (χ0) is 16.8. The number of amides is 1. The highest BCUT2D eigenvalue weighted by Crippen LogP contribution is 2.17. The first-order chi connectivity index (χ1) is 11.7. The van der Waals surface area contributed by atoms with Gasteiger partial charge in [0.15, 0.2) is 0 Å². The van der Waals surface area contributed by atoms with Gasteiger partial charge in [-0.15, -0.1) is 10.2 Å². The second-order valence-corrected chi connectivity index (χ2v) is 6.49. The molecule has 0 atom stereocenters. The van der Waals surface area contributed by atoms with Crippen LogP contribution in [0.15, 0.2) is 42.7 Å². The van der Waals surface area contributed by atoms with Crippen LogP contribution in [-0.2, 0) is 17.6 Å². The molecule has 1 N–H and O–H groups in total. The molecule has 0 saturated heterocycles. The number of anilines is 1. The maximum absolute atomic E-state index is 12.0. The summed E-state index contributed by atoms with van der Waals surface area (Å²) in [6, 6.07) is 9.90. The number of hydrogen-bond donors (Lipinski definition) is 1. The molecule has 1 amide bonds. The molecule has 24 heavy (non-hydrogen) atoms. The molecule has 0 aliphatic carbocycles. The van der Waals surface area contributed by atoms with E-state index in [4.69, 9.17) is 0 Å². The van der Waals surface area contributed by atoms with Crippen molar-refractivity contribution >= 4 is 22.4 Å². The summed E-state index contributed by atoms with van der Waals surface area (Å²) in [5.41, 5.74) is 2.03. The normalized spacial score (nSPS) is 10.7. The van der Waals surface area contributed by atoms with Gasteiger partial charge in [-0.25, -0.2) is 4.68 Å². The first-order valence-electron chi connectivity index (χ1n) is 7.96. The molecule has 0 fully saturated rings. The van der Waals surface area contributed by atoms with Crippen molar-refractivity contribution in [3.05, 3.63) is 53.3 Å². The summed E-state index contributed by atoms with van der Waals surface area (Å²) in [5.74, 6) is -0.0540. The van der Waals surface area contributed by atoms with Crippen LogP contribution >= 0.6 is 11.3 Å². The number of carbonyl (C=O) groups excluding carboxylic acids is 1. The summed E-state index contributed by atoms with van der Waals surface area (Å²) in [5, 5.41) is 16.7. The van der Waals surface area contributed by atoms with Crippen molar-refractivity contribution in [3.8, 4) is 5.69 Å². The third-order valence-corrected chi connectivity index (χ3v) is 4.37. The highest BCUT2D eigenvalue weighted by molar-refractivity contribution is 7.15. The van der Waals surface area contributed by atoms with Crippen molar-refractivity contribution in [3.63, 3.8) is 0 Å². The minimum Gasteiger partial charge on any atom is -0.301 e. The average Bonchev–Trinajstić information content (AvgIpc) is 3.24. The van der Waals surface area contributed by atoms with Gasteiger partial charge < -0.3 is 5.32 Å². The van der Waals surface area contributed by atoms with Gasteiger partial charge >= 0.3 is 0 Å². The van der Waals surface area contributed by atoms with E-state index in [0.29, 0.717) is 18.0 Å². The number of nitrogens with zero attached hydrogens (tertiary/aromatic N) is 4. The Kier molecular flexibility index (Phi) is 5.32. The number of carbonyl (C=O) groups is 1. The molecule has 3 rings (SSSR count). The molecule has 124 valence electrons. The van der Waals surface area contributed by atoms with Crippen LogP contribution in [0, 0.1) is 0 Å². The molecule has 0 saturated carbocycles. The Balaban J connectivity index is 1.52. The van der Waals surface area contributed by atoms with Gasteiger partial charge in [0.1, 0.15) is 5.01 Å². The van der Waals surface area contributed by atoms with E-state index >= 15 is 0 Å². The number of rotatable bonds is 7. The molecule has 7 heteroatoms. The second kappa shape index (κ2) is 7.83. The van der Waals surface area contributed by atoms with Gasteiger partial charge in [0, 0.05) is 19.0 Å². The van der Waals surface area contributed by atoms with Crippen molar-refractivity contribution in [2.45, 2.75) is 32.6 Å². The van der Waals surface area contributed by atoms with E-state index < -0.39 is 0 Å². The van der Waals surface area contributed by atoms with Gasteiger partial charge in [0.25, 0.3) is 0 Å². The topological polar surface area (TPSA) is 72.7 Å². The number of nitrogens with one attached hydrogen (secondary N) is 1. The maximum atomic E-state index is 12.0. The summed E-state index contributed by atoms with van der Waals surface area (Å²) in [4.78, 5) is 12.0. The highest BCUT2D eigenvalue weighted by Gasteiger charge is 2.09. The van der Waals surface area contributed by atoms with Gasteiger partial charge in [-0.3, -0.25) is 4.79 Å². The number of benzene rings is 1. The fraction of sp³-hybridized carbons (Fsp3) is 0.294. The van der Waals surface area contributed by atoms with Crippen molar-refractivity contribution in [1.29, 1.82) is 0 Å². The second-order valence-electron chi connectivity index (χ2n) is 5.43. The quantitative estimate of drug-likeness (QED) is 0.716. The molecule has 1 aromatic carbocycles. The molecule has 0 aliphatic rings. The molecule has 0 spiro atoms. The fourth-order valence-electron chi connectivity index (χ4n) is 2.27. The first-order valence-corrected chi connectivity index (χ1v) is 8.77. The average molecular weight is 341 g/mol. The zero-order valence-corrected chi connectivity index (χ0v) is 14.3. The Morgan fingerprint density at radius 3 is 2.83 bits per heavy atom. The lowest BCUT2D eigenvalue weighted by atomic mass is 10.2. The third kappa shape index (κ3) is 4.26. The lowest BCUT2D eigenvalue weighted by Gasteiger charge is -2.00. The summed E-state index contributed by atoms with van der Waals surface area (Å²) in [7, 11) is 0. The van der Waals surface area contributed by atoms with Gasteiger partial charge in [-0.1, -0.05) is 36.5 Å². The minimum absolute atomic E-state index is 0.0540. The molecule has 2 aromatic heterocycles. The van der Waals surface area contributed by atoms with E-state index in [1.54, 1.807) is 6.20 Å². The smallest absolute Gasteiger partial charge is 0.226 e. The summed E-state index contributed by atoms with van der Waals surface area (Å²) in [6.07, 6.45) is 6.69. The van der Waals surface area contributed by atoms with Crippen LogP contribution in [0.5, 0.6) is 0 Å². The van der Waals surface area contributed by atoms with Crippen LogP contribution in [0.25, 0.3) is 5.69 Å². The molecular weight excluding hydrogens is 322 g/mol. The Bertz CT molecular complexity index is 796. The molecule has 0 radical (unpaired) electrons. The van der Waals surface area contributed by atoms with Crippen LogP contribution in [0.1, 0.15) is 30.3 Å². The van der Waals surface area contributed by atoms with E-state index in [2.05, 4.69) is 27.5 Å². The van der Waals surface area contributed by atoms with E-state index in [1.165, 1.54) is 11.3 Å². The minimum atomic E-state index is -0.0540. The van der Waals surface area contributed by atoms with Crippen molar-refractivity contribution < 1.29 is 4.79 Å². The number of aromatic nitrogens is 4. The molecule has 6 nitrogen and oxygen atoms in total. The predicted octanol–water partition coefficient (Wildman–Crippen LogP) is 3.25. The van der Waals surface area contributed by atoms with Crippen molar-refractivity contribution in [2.24, 2.45) is 0 Å². The van der Waals surface area contributed by atoms with Gasteiger partial charge in [-0.2, -0.15) is 5.10 Å². The number of aryl methyl sites for hydroxylation is 2. The monoisotopic (exact) mass is 341 g/mol. The van der Waals surface area contributed by atoms with E-state index in [0.717, 1.165) is 29.1 Å². The van der Waals surface area contributed by atoms with Crippen LogP contribution in [0.2, 0.25) is 0 Å². The van der Waals surface area contributed by atoms with Gasteiger partial charge in [0.2, 0.25) is 11.0 Å². The molecular formula is C17H19N5OS. The highest BCUT2D eigenvalue weighted by atomic mass is 32.1. The zero-order valence-electron chi connectivity index (χ0n) is 13.5. The Hall–Kier alpha value is -2.54. The molecule has 2 heterocycles. The van der Waals surface area contributed by atoms with Gasteiger partial charge in [0.05, 0.1) is 11.9 Å².